The van der Waals surface area contributed by atoms with Gasteiger partial charge in [-0.25, -0.2) is 0 Å². The second-order valence-corrected chi connectivity index (χ2v) is 6.00. The van der Waals surface area contributed by atoms with Gasteiger partial charge in [-0.05, 0) is 44.5 Å². The van der Waals surface area contributed by atoms with E-state index in [2.05, 4.69) is 5.32 Å². The number of amides is 1. The first-order valence-corrected chi connectivity index (χ1v) is 7.03. The Balaban J connectivity index is 1.90. The Hall–Kier alpha value is -1.30. The minimum absolute atomic E-state index is 0.121. The van der Waals surface area contributed by atoms with Crippen molar-refractivity contribution < 1.29 is 9.90 Å². The molecule has 1 aromatic carbocycles. The zero-order chi connectivity index (χ0) is 14.8. The Morgan fingerprint density at radius 3 is 3.00 bits per heavy atom. The van der Waals surface area contributed by atoms with E-state index in [-0.39, 0.29) is 12.5 Å². The van der Waals surface area contributed by atoms with E-state index in [9.17, 15) is 9.90 Å². The predicted octanol–water partition coefficient (Wildman–Crippen LogP) is 1.71. The zero-order valence-corrected chi connectivity index (χ0v) is 12.3. The number of anilines is 2. The third kappa shape index (κ3) is 4.10. The van der Waals surface area contributed by atoms with Crippen LogP contribution in [0.25, 0.3) is 0 Å². The molecule has 1 atom stereocenters. The number of benzene rings is 1. The Kier molecular flexibility index (Phi) is 4.52. The molecular weight excluding hydrogens is 278 g/mol. The molecular formula is C14H20ClN3O2. The standard InChI is InChI=1S/C14H20ClN3O2/c1-14(20)5-2-6-18(9-14)8-13(19)17-10-3-4-11(15)12(16)7-10/h3-4,7,20H,2,5-6,8-9,16H2,1H3,(H,17,19). The molecule has 1 saturated heterocycles. The first-order valence-electron chi connectivity index (χ1n) is 6.65. The number of piperidine rings is 1. The van der Waals surface area contributed by atoms with Gasteiger partial charge in [0, 0.05) is 12.2 Å². The van der Waals surface area contributed by atoms with E-state index in [1.54, 1.807) is 25.1 Å². The van der Waals surface area contributed by atoms with Crippen molar-refractivity contribution in [2.75, 3.05) is 30.7 Å². The molecule has 2 rings (SSSR count). The van der Waals surface area contributed by atoms with E-state index in [0.717, 1.165) is 19.4 Å². The summed E-state index contributed by atoms with van der Waals surface area (Å²) in [6.45, 7) is 3.41. The van der Waals surface area contributed by atoms with Crippen molar-refractivity contribution in [3.63, 3.8) is 0 Å². The van der Waals surface area contributed by atoms with Crippen LogP contribution in [-0.2, 0) is 4.79 Å². The number of nitrogens with one attached hydrogen (secondary N) is 1. The molecule has 1 aliphatic rings. The number of nitrogens with zero attached hydrogens (tertiary/aromatic N) is 1. The number of aliphatic hydroxyl groups is 1. The molecule has 0 bridgehead atoms. The number of carbonyl (C=O) groups excluding carboxylic acids is 1. The maximum Gasteiger partial charge on any atom is 0.238 e. The average molecular weight is 298 g/mol. The fourth-order valence-electron chi connectivity index (χ4n) is 2.48. The van der Waals surface area contributed by atoms with Crippen LogP contribution in [0.1, 0.15) is 19.8 Å². The smallest absolute Gasteiger partial charge is 0.238 e. The van der Waals surface area contributed by atoms with Gasteiger partial charge in [0.2, 0.25) is 5.91 Å². The van der Waals surface area contributed by atoms with Gasteiger partial charge in [0.25, 0.3) is 0 Å². The Morgan fingerprint density at radius 2 is 2.35 bits per heavy atom. The third-order valence-electron chi connectivity index (χ3n) is 3.40. The van der Waals surface area contributed by atoms with Gasteiger partial charge in [-0.3, -0.25) is 9.69 Å². The van der Waals surface area contributed by atoms with Gasteiger partial charge in [-0.15, -0.1) is 0 Å². The third-order valence-corrected chi connectivity index (χ3v) is 3.75. The highest BCUT2D eigenvalue weighted by atomic mass is 35.5. The topological polar surface area (TPSA) is 78.6 Å². The lowest BCUT2D eigenvalue weighted by atomic mass is 9.95. The quantitative estimate of drug-likeness (QED) is 0.742. The van der Waals surface area contributed by atoms with Crippen molar-refractivity contribution in [2.45, 2.75) is 25.4 Å². The van der Waals surface area contributed by atoms with E-state index in [1.807, 2.05) is 4.90 Å². The number of nitrogen functional groups attached to an aromatic ring is 1. The second-order valence-electron chi connectivity index (χ2n) is 5.60. The summed E-state index contributed by atoms with van der Waals surface area (Å²) in [4.78, 5) is 13.9. The second kappa shape index (κ2) is 5.99. The van der Waals surface area contributed by atoms with Crippen LogP contribution >= 0.6 is 11.6 Å². The lowest BCUT2D eigenvalue weighted by Crippen LogP contribution is -2.48. The number of nitrogens with two attached hydrogens (primary N) is 1. The molecule has 1 amide bonds. The molecule has 110 valence electrons. The fourth-order valence-corrected chi connectivity index (χ4v) is 2.60. The van der Waals surface area contributed by atoms with Crippen LogP contribution < -0.4 is 11.1 Å². The zero-order valence-electron chi connectivity index (χ0n) is 11.5. The highest BCUT2D eigenvalue weighted by Gasteiger charge is 2.29. The number of hydrogen-bond donors (Lipinski definition) is 3. The Labute approximate surface area is 123 Å². The van der Waals surface area contributed by atoms with E-state index in [1.165, 1.54) is 0 Å². The number of β-amino-alcohol motifs (C(OH)–C–C–N with tert-alkyl or cyclic N) is 1. The number of hydrogen-bond acceptors (Lipinski definition) is 4. The van der Waals surface area contributed by atoms with Crippen LogP contribution in [-0.4, -0.2) is 41.1 Å². The summed E-state index contributed by atoms with van der Waals surface area (Å²) in [5, 5.41) is 13.3. The molecule has 5 nitrogen and oxygen atoms in total. The normalized spacial score (nSPS) is 23.6. The summed E-state index contributed by atoms with van der Waals surface area (Å²) >= 11 is 5.83. The molecule has 0 aliphatic carbocycles. The van der Waals surface area contributed by atoms with Crippen LogP contribution in [0.3, 0.4) is 0 Å². The van der Waals surface area contributed by atoms with Gasteiger partial charge in [0.05, 0.1) is 22.9 Å². The highest BCUT2D eigenvalue weighted by molar-refractivity contribution is 6.33. The molecule has 6 heteroatoms. The first-order chi connectivity index (χ1) is 9.35. The molecule has 20 heavy (non-hydrogen) atoms. The summed E-state index contributed by atoms with van der Waals surface area (Å²) in [7, 11) is 0. The maximum absolute atomic E-state index is 12.0. The summed E-state index contributed by atoms with van der Waals surface area (Å²) in [6, 6.07) is 4.99. The number of rotatable bonds is 3. The highest BCUT2D eigenvalue weighted by Crippen LogP contribution is 2.23. The van der Waals surface area contributed by atoms with Gasteiger partial charge < -0.3 is 16.2 Å². The largest absolute Gasteiger partial charge is 0.397 e. The summed E-state index contributed by atoms with van der Waals surface area (Å²) in [6.07, 6.45) is 1.67. The van der Waals surface area contributed by atoms with Gasteiger partial charge >= 0.3 is 0 Å². The van der Waals surface area contributed by atoms with Crippen LogP contribution in [0.4, 0.5) is 11.4 Å². The van der Waals surface area contributed by atoms with E-state index in [0.29, 0.717) is 22.9 Å². The average Bonchev–Trinajstić information content (AvgIpc) is 2.32. The summed E-state index contributed by atoms with van der Waals surface area (Å²) < 4.78 is 0. The maximum atomic E-state index is 12.0. The Morgan fingerprint density at radius 1 is 1.60 bits per heavy atom. The molecule has 0 aromatic heterocycles. The van der Waals surface area contributed by atoms with Crippen molar-refractivity contribution in [3.8, 4) is 0 Å². The van der Waals surface area contributed by atoms with Gasteiger partial charge in [0.15, 0.2) is 0 Å². The van der Waals surface area contributed by atoms with E-state index >= 15 is 0 Å². The van der Waals surface area contributed by atoms with Crippen LogP contribution in [0, 0.1) is 0 Å². The number of halogens is 1. The lowest BCUT2D eigenvalue weighted by Gasteiger charge is -2.36. The Bertz CT molecular complexity index is 505. The molecule has 4 N–H and O–H groups in total. The van der Waals surface area contributed by atoms with Gasteiger partial charge in [-0.1, -0.05) is 11.6 Å². The molecule has 0 saturated carbocycles. The van der Waals surface area contributed by atoms with Crippen molar-refractivity contribution in [2.24, 2.45) is 0 Å². The first kappa shape index (κ1) is 15.1. The molecule has 0 radical (unpaired) electrons. The van der Waals surface area contributed by atoms with Crippen molar-refractivity contribution >= 4 is 28.9 Å². The molecule has 1 aliphatic heterocycles. The molecule has 1 unspecified atom stereocenters. The van der Waals surface area contributed by atoms with E-state index < -0.39 is 5.60 Å². The van der Waals surface area contributed by atoms with E-state index in [4.69, 9.17) is 17.3 Å². The van der Waals surface area contributed by atoms with Gasteiger partial charge in [0.1, 0.15) is 0 Å². The van der Waals surface area contributed by atoms with Gasteiger partial charge in [-0.2, -0.15) is 0 Å². The molecule has 0 spiro atoms. The summed E-state index contributed by atoms with van der Waals surface area (Å²) in [5.41, 5.74) is 6.05. The van der Waals surface area contributed by atoms with Crippen LogP contribution in [0.5, 0.6) is 0 Å². The van der Waals surface area contributed by atoms with Crippen LogP contribution in [0.2, 0.25) is 5.02 Å². The molecule has 1 aromatic rings. The minimum Gasteiger partial charge on any atom is -0.397 e. The summed E-state index contributed by atoms with van der Waals surface area (Å²) in [5.74, 6) is -0.121. The van der Waals surface area contributed by atoms with Crippen LogP contribution in [0.15, 0.2) is 18.2 Å². The molecule has 1 fully saturated rings. The van der Waals surface area contributed by atoms with Crippen molar-refractivity contribution in [1.29, 1.82) is 0 Å². The predicted molar refractivity (Wildman–Crippen MR) is 80.8 cm³/mol. The SMILES string of the molecule is CC1(O)CCCN(CC(=O)Nc2ccc(Cl)c(N)c2)C1. The molecule has 1 heterocycles. The number of likely N-dealkylation sites (tertiary alicyclic amines) is 1. The van der Waals surface area contributed by atoms with Crippen molar-refractivity contribution in [1.82, 2.24) is 4.90 Å². The van der Waals surface area contributed by atoms with Crippen molar-refractivity contribution in [3.05, 3.63) is 23.2 Å². The minimum atomic E-state index is -0.705. The fraction of sp³-hybridized carbons (Fsp3) is 0.500. The monoisotopic (exact) mass is 297 g/mol. The number of carbonyl (C=O) groups is 1. The lowest BCUT2D eigenvalue weighted by molar-refractivity contribution is -0.118.